The fourth-order valence-corrected chi connectivity index (χ4v) is 2.68. The van der Waals surface area contributed by atoms with Crippen LogP contribution in [0.15, 0.2) is 29.1 Å². The number of imidazole rings is 1. The number of hydrogen-bond donors (Lipinski definition) is 1. The van der Waals surface area contributed by atoms with Gasteiger partial charge in [0.2, 0.25) is 16.0 Å². The molecule has 0 unspecified atom stereocenters. The van der Waals surface area contributed by atoms with Gasteiger partial charge in [-0.2, -0.15) is 4.98 Å². The molecule has 0 spiro atoms. The van der Waals surface area contributed by atoms with Crippen molar-refractivity contribution in [2.24, 2.45) is 0 Å². The summed E-state index contributed by atoms with van der Waals surface area (Å²) in [5, 5.41) is 0. The van der Waals surface area contributed by atoms with Crippen LogP contribution in [0.4, 0.5) is 5.95 Å². The zero-order chi connectivity index (χ0) is 14.3. The van der Waals surface area contributed by atoms with Crippen LogP contribution in [0.5, 0.6) is 0 Å². The van der Waals surface area contributed by atoms with Crippen molar-refractivity contribution in [3.8, 4) is 11.5 Å². The molecule has 0 aliphatic carbocycles. The number of nitrogen functional groups attached to an aromatic ring is 1. The predicted molar refractivity (Wildman–Crippen MR) is 72.3 cm³/mol. The van der Waals surface area contributed by atoms with Gasteiger partial charge in [0.15, 0.2) is 11.4 Å². The smallest absolute Gasteiger partial charge is 0.241 e. The number of nitrogens with two attached hydrogens (primary N) is 1. The summed E-state index contributed by atoms with van der Waals surface area (Å²) in [6.07, 6.45) is 2.68. The maximum atomic E-state index is 12.0. The Labute approximate surface area is 114 Å². The van der Waals surface area contributed by atoms with E-state index in [1.807, 2.05) is 0 Å². The highest BCUT2D eigenvalue weighted by Gasteiger charge is 2.20. The summed E-state index contributed by atoms with van der Waals surface area (Å²) in [6.45, 7) is 1.54. The summed E-state index contributed by atoms with van der Waals surface area (Å²) in [5.41, 5.74) is 6.48. The molecule has 0 bridgehead atoms. The Bertz CT molecular complexity index is 867. The van der Waals surface area contributed by atoms with Gasteiger partial charge in [-0.1, -0.05) is 0 Å². The largest absolute Gasteiger partial charge is 0.463 e. The SMILES string of the molecule is CCS(=O)(=O)n1cnc2c(-c3ccco3)nc(N)nc21. The van der Waals surface area contributed by atoms with Crippen molar-refractivity contribution in [2.45, 2.75) is 6.92 Å². The molecular formula is C11H11N5O3S. The monoisotopic (exact) mass is 293 g/mol. The van der Waals surface area contributed by atoms with Gasteiger partial charge in [0, 0.05) is 0 Å². The normalized spacial score (nSPS) is 12.1. The molecule has 0 aromatic carbocycles. The lowest BCUT2D eigenvalue weighted by atomic mass is 10.3. The molecule has 0 saturated heterocycles. The molecule has 2 N–H and O–H groups in total. The summed E-state index contributed by atoms with van der Waals surface area (Å²) in [6, 6.07) is 3.38. The summed E-state index contributed by atoms with van der Waals surface area (Å²) in [4.78, 5) is 12.1. The first kappa shape index (κ1) is 12.6. The summed E-state index contributed by atoms with van der Waals surface area (Å²) < 4.78 is 30.2. The molecule has 104 valence electrons. The van der Waals surface area contributed by atoms with Crippen LogP contribution in [0.25, 0.3) is 22.6 Å². The highest BCUT2D eigenvalue weighted by Crippen LogP contribution is 2.26. The van der Waals surface area contributed by atoms with Crippen molar-refractivity contribution >= 4 is 27.1 Å². The van der Waals surface area contributed by atoms with E-state index in [0.717, 1.165) is 3.97 Å². The molecule has 3 rings (SSSR count). The van der Waals surface area contributed by atoms with E-state index in [-0.39, 0.29) is 17.3 Å². The van der Waals surface area contributed by atoms with Crippen LogP contribution >= 0.6 is 0 Å². The Balaban J connectivity index is 2.36. The summed E-state index contributed by atoms with van der Waals surface area (Å²) in [5.74, 6) is 0.332. The fourth-order valence-electron chi connectivity index (χ4n) is 1.82. The summed E-state index contributed by atoms with van der Waals surface area (Å²) in [7, 11) is -3.51. The van der Waals surface area contributed by atoms with Gasteiger partial charge in [0.1, 0.15) is 17.5 Å². The molecule has 0 amide bonds. The van der Waals surface area contributed by atoms with Crippen LogP contribution < -0.4 is 5.73 Å². The van der Waals surface area contributed by atoms with E-state index in [4.69, 9.17) is 10.2 Å². The van der Waals surface area contributed by atoms with Crippen LogP contribution in [-0.4, -0.2) is 33.1 Å². The van der Waals surface area contributed by atoms with Gasteiger partial charge in [-0.25, -0.2) is 22.4 Å². The molecule has 0 aliphatic rings. The average molecular weight is 293 g/mol. The maximum absolute atomic E-state index is 12.0. The standard InChI is InChI=1S/C11H11N5O3S/c1-2-20(17,18)16-6-13-9-8(7-4-3-5-19-7)14-11(12)15-10(9)16/h3-6H,2H2,1H3,(H2,12,14,15). The quantitative estimate of drug-likeness (QED) is 0.761. The molecule has 9 heteroatoms. The van der Waals surface area contributed by atoms with Gasteiger partial charge in [0.05, 0.1) is 12.0 Å². The van der Waals surface area contributed by atoms with Crippen LogP contribution in [0.3, 0.4) is 0 Å². The lowest BCUT2D eigenvalue weighted by Gasteiger charge is -2.04. The number of hydrogen-bond acceptors (Lipinski definition) is 7. The maximum Gasteiger partial charge on any atom is 0.241 e. The lowest BCUT2D eigenvalue weighted by molar-refractivity contribution is 0.580. The van der Waals surface area contributed by atoms with Crippen molar-refractivity contribution in [2.75, 3.05) is 11.5 Å². The van der Waals surface area contributed by atoms with Gasteiger partial charge in [-0.05, 0) is 19.1 Å². The predicted octanol–water partition coefficient (Wildman–Crippen LogP) is 0.866. The Kier molecular flexibility index (Phi) is 2.71. The minimum Gasteiger partial charge on any atom is -0.463 e. The third-order valence-electron chi connectivity index (χ3n) is 2.80. The molecule has 3 aromatic heterocycles. The molecule has 3 heterocycles. The van der Waals surface area contributed by atoms with E-state index in [9.17, 15) is 8.42 Å². The zero-order valence-electron chi connectivity index (χ0n) is 10.5. The highest BCUT2D eigenvalue weighted by atomic mass is 32.2. The first-order valence-corrected chi connectivity index (χ1v) is 7.41. The second kappa shape index (κ2) is 4.30. The van der Waals surface area contributed by atoms with Crippen LogP contribution in [0.1, 0.15) is 6.92 Å². The second-order valence-electron chi connectivity index (χ2n) is 4.02. The second-order valence-corrected chi connectivity index (χ2v) is 6.16. The molecule has 0 atom stereocenters. The Hall–Kier alpha value is -2.42. The van der Waals surface area contributed by atoms with E-state index in [1.54, 1.807) is 19.1 Å². The summed E-state index contributed by atoms with van der Waals surface area (Å²) >= 11 is 0. The Morgan fingerprint density at radius 1 is 1.40 bits per heavy atom. The first-order valence-electron chi connectivity index (χ1n) is 5.80. The number of furan rings is 1. The number of rotatable bonds is 3. The van der Waals surface area contributed by atoms with Crippen LogP contribution in [-0.2, 0) is 10.0 Å². The topological polar surface area (TPSA) is 117 Å². The molecule has 20 heavy (non-hydrogen) atoms. The number of aromatic nitrogens is 4. The number of nitrogens with zero attached hydrogens (tertiary/aromatic N) is 4. The van der Waals surface area contributed by atoms with Gasteiger partial charge in [0.25, 0.3) is 0 Å². The van der Waals surface area contributed by atoms with E-state index in [1.165, 1.54) is 12.6 Å². The number of anilines is 1. The molecular weight excluding hydrogens is 282 g/mol. The highest BCUT2D eigenvalue weighted by molar-refractivity contribution is 7.90. The van der Waals surface area contributed by atoms with Crippen molar-refractivity contribution in [3.05, 3.63) is 24.7 Å². The van der Waals surface area contributed by atoms with E-state index in [2.05, 4.69) is 15.0 Å². The average Bonchev–Trinajstić information content (AvgIpc) is 3.06. The van der Waals surface area contributed by atoms with Crippen LogP contribution in [0, 0.1) is 0 Å². The molecule has 0 saturated carbocycles. The zero-order valence-corrected chi connectivity index (χ0v) is 11.3. The third kappa shape index (κ3) is 1.83. The van der Waals surface area contributed by atoms with Gasteiger partial charge in [-0.15, -0.1) is 0 Å². The van der Waals surface area contributed by atoms with E-state index in [0.29, 0.717) is 17.0 Å². The molecule has 3 aromatic rings. The number of fused-ring (bicyclic) bond motifs is 1. The minimum absolute atomic E-state index is 0.0445. The van der Waals surface area contributed by atoms with Crippen molar-refractivity contribution < 1.29 is 12.8 Å². The molecule has 0 fully saturated rings. The Morgan fingerprint density at radius 3 is 2.85 bits per heavy atom. The van der Waals surface area contributed by atoms with Crippen LogP contribution in [0.2, 0.25) is 0 Å². The van der Waals surface area contributed by atoms with Gasteiger partial charge >= 0.3 is 0 Å². The molecule has 8 nitrogen and oxygen atoms in total. The minimum atomic E-state index is -3.51. The van der Waals surface area contributed by atoms with E-state index < -0.39 is 10.0 Å². The van der Waals surface area contributed by atoms with Gasteiger partial charge < -0.3 is 10.2 Å². The first-order chi connectivity index (χ1) is 9.53. The fraction of sp³-hybridized carbons (Fsp3) is 0.182. The Morgan fingerprint density at radius 2 is 2.20 bits per heavy atom. The van der Waals surface area contributed by atoms with Gasteiger partial charge in [-0.3, -0.25) is 0 Å². The molecule has 0 aliphatic heterocycles. The molecule has 0 radical (unpaired) electrons. The van der Waals surface area contributed by atoms with Crippen molar-refractivity contribution in [1.29, 1.82) is 0 Å². The van der Waals surface area contributed by atoms with Crippen molar-refractivity contribution in [3.63, 3.8) is 0 Å². The van der Waals surface area contributed by atoms with E-state index >= 15 is 0 Å². The lowest BCUT2D eigenvalue weighted by Crippen LogP contribution is -2.14. The van der Waals surface area contributed by atoms with Crippen molar-refractivity contribution in [1.82, 2.24) is 18.9 Å². The third-order valence-corrected chi connectivity index (χ3v) is 4.40.